The minimum absolute atomic E-state index is 0.107. The molecule has 2 aromatic rings. The molecule has 1 fully saturated rings. The summed E-state index contributed by atoms with van der Waals surface area (Å²) in [5.41, 5.74) is 1.39. The molecule has 0 radical (unpaired) electrons. The fraction of sp³-hybridized carbons (Fsp3) is 0.350. The molecule has 2 aromatic carbocycles. The van der Waals surface area contributed by atoms with Crippen molar-refractivity contribution < 1.29 is 17.9 Å². The van der Waals surface area contributed by atoms with Gasteiger partial charge in [-0.1, -0.05) is 18.2 Å². The number of ether oxygens (including phenoxy) is 1. The standard InChI is InChI=1S/C20H25N3O4S/c1-14-10-11-15(21-20(24)17-8-6-12-23(17)2)13-19(14)28(25,26)22-16-7-4-5-9-18(16)27-3/h4-5,7,9-11,13,17,22H,6,8,12H2,1-3H3,(H,21,24)/t17-/m0/s1. The number of hydrogen-bond acceptors (Lipinski definition) is 5. The average molecular weight is 404 g/mol. The van der Waals surface area contributed by atoms with Crippen LogP contribution in [0.15, 0.2) is 47.4 Å². The molecule has 0 saturated carbocycles. The van der Waals surface area contributed by atoms with Crippen LogP contribution >= 0.6 is 0 Å². The number of sulfonamides is 1. The number of para-hydroxylation sites is 2. The first-order chi connectivity index (χ1) is 13.3. The van der Waals surface area contributed by atoms with Gasteiger partial charge in [-0.25, -0.2) is 8.42 Å². The SMILES string of the molecule is COc1ccccc1NS(=O)(=O)c1cc(NC(=O)[C@@H]2CCCN2C)ccc1C. The zero-order valence-corrected chi connectivity index (χ0v) is 17.0. The first kappa shape index (κ1) is 20.2. The molecule has 0 aliphatic carbocycles. The summed E-state index contributed by atoms with van der Waals surface area (Å²) < 4.78 is 33.7. The molecule has 1 amide bonds. The van der Waals surface area contributed by atoms with Crippen molar-refractivity contribution in [3.63, 3.8) is 0 Å². The lowest BCUT2D eigenvalue weighted by molar-refractivity contribution is -0.119. The van der Waals surface area contributed by atoms with Crippen molar-refractivity contribution in [2.24, 2.45) is 0 Å². The Bertz CT molecular complexity index is 975. The van der Waals surface area contributed by atoms with Gasteiger partial charge in [-0.2, -0.15) is 0 Å². The molecule has 1 aliphatic heterocycles. The van der Waals surface area contributed by atoms with Crippen LogP contribution in [0, 0.1) is 6.92 Å². The summed E-state index contributed by atoms with van der Waals surface area (Å²) >= 11 is 0. The second kappa shape index (κ2) is 8.20. The Kier molecular flexibility index (Phi) is 5.90. The van der Waals surface area contributed by atoms with E-state index in [1.165, 1.54) is 13.2 Å². The fourth-order valence-electron chi connectivity index (χ4n) is 3.36. The zero-order valence-electron chi connectivity index (χ0n) is 16.2. The largest absolute Gasteiger partial charge is 0.495 e. The number of amides is 1. The Balaban J connectivity index is 1.85. The van der Waals surface area contributed by atoms with Gasteiger partial charge in [0.2, 0.25) is 5.91 Å². The highest BCUT2D eigenvalue weighted by atomic mass is 32.2. The van der Waals surface area contributed by atoms with Gasteiger partial charge in [0, 0.05) is 5.69 Å². The highest BCUT2D eigenvalue weighted by Crippen LogP contribution is 2.28. The molecule has 0 spiro atoms. The van der Waals surface area contributed by atoms with Gasteiger partial charge in [0.15, 0.2) is 0 Å². The van der Waals surface area contributed by atoms with Gasteiger partial charge in [0.05, 0.1) is 23.7 Å². The van der Waals surface area contributed by atoms with Crippen LogP contribution in [0.3, 0.4) is 0 Å². The van der Waals surface area contributed by atoms with Crippen LogP contribution in [0.1, 0.15) is 18.4 Å². The van der Waals surface area contributed by atoms with E-state index in [2.05, 4.69) is 10.0 Å². The van der Waals surface area contributed by atoms with Crippen molar-refractivity contribution in [3.8, 4) is 5.75 Å². The number of carbonyl (C=O) groups excluding carboxylic acids is 1. The van der Waals surface area contributed by atoms with Gasteiger partial charge >= 0.3 is 0 Å². The summed E-state index contributed by atoms with van der Waals surface area (Å²) in [6, 6.07) is 11.5. The van der Waals surface area contributed by atoms with Crippen LogP contribution < -0.4 is 14.8 Å². The summed E-state index contributed by atoms with van der Waals surface area (Å²) in [6.45, 7) is 2.60. The highest BCUT2D eigenvalue weighted by molar-refractivity contribution is 7.92. The topological polar surface area (TPSA) is 87.7 Å². The molecule has 1 aliphatic rings. The summed E-state index contributed by atoms with van der Waals surface area (Å²) in [4.78, 5) is 14.6. The van der Waals surface area contributed by atoms with Crippen LogP contribution in [0.25, 0.3) is 0 Å². The highest BCUT2D eigenvalue weighted by Gasteiger charge is 2.28. The van der Waals surface area contributed by atoms with E-state index in [-0.39, 0.29) is 16.8 Å². The second-order valence-corrected chi connectivity index (χ2v) is 8.56. The lowest BCUT2D eigenvalue weighted by atomic mass is 10.2. The van der Waals surface area contributed by atoms with Gasteiger partial charge in [-0.15, -0.1) is 0 Å². The molecule has 7 nitrogen and oxygen atoms in total. The van der Waals surface area contributed by atoms with Crippen LogP contribution in [0.2, 0.25) is 0 Å². The van der Waals surface area contributed by atoms with E-state index in [1.54, 1.807) is 43.3 Å². The number of anilines is 2. The van der Waals surface area contributed by atoms with E-state index < -0.39 is 10.0 Å². The number of likely N-dealkylation sites (tertiary alicyclic amines) is 1. The summed E-state index contributed by atoms with van der Waals surface area (Å²) in [7, 11) is -0.460. The number of methoxy groups -OCH3 is 1. The normalized spacial score (nSPS) is 17.3. The zero-order chi connectivity index (χ0) is 20.3. The maximum absolute atomic E-state index is 12.9. The average Bonchev–Trinajstić information content (AvgIpc) is 3.09. The van der Waals surface area contributed by atoms with Gasteiger partial charge in [0.25, 0.3) is 10.0 Å². The first-order valence-corrected chi connectivity index (χ1v) is 10.6. The third-order valence-corrected chi connectivity index (χ3v) is 6.43. The van der Waals surface area contributed by atoms with Gasteiger partial charge in [-0.05, 0) is 63.2 Å². The molecule has 0 unspecified atom stereocenters. The number of nitrogens with one attached hydrogen (secondary N) is 2. The third-order valence-electron chi connectivity index (χ3n) is 4.92. The molecule has 1 atom stereocenters. The van der Waals surface area contributed by atoms with E-state index in [0.717, 1.165) is 19.4 Å². The Morgan fingerprint density at radius 3 is 2.64 bits per heavy atom. The molecule has 2 N–H and O–H groups in total. The number of likely N-dealkylation sites (N-methyl/N-ethyl adjacent to an activating group) is 1. The summed E-state index contributed by atoms with van der Waals surface area (Å²) in [5, 5.41) is 2.84. The molecule has 0 aromatic heterocycles. The smallest absolute Gasteiger partial charge is 0.262 e. The number of benzene rings is 2. The van der Waals surface area contributed by atoms with E-state index in [1.807, 2.05) is 11.9 Å². The van der Waals surface area contributed by atoms with Crippen molar-refractivity contribution in [1.82, 2.24) is 4.90 Å². The van der Waals surface area contributed by atoms with E-state index >= 15 is 0 Å². The predicted octanol–water partition coefficient (Wildman–Crippen LogP) is 2.84. The number of aryl methyl sites for hydroxylation is 1. The van der Waals surface area contributed by atoms with Crippen molar-refractivity contribution in [1.29, 1.82) is 0 Å². The molecule has 150 valence electrons. The van der Waals surface area contributed by atoms with E-state index in [9.17, 15) is 13.2 Å². The lowest BCUT2D eigenvalue weighted by Gasteiger charge is -2.19. The summed E-state index contributed by atoms with van der Waals surface area (Å²) in [5.74, 6) is 0.308. The predicted molar refractivity (Wildman–Crippen MR) is 109 cm³/mol. The Labute approximate surface area is 165 Å². The van der Waals surface area contributed by atoms with E-state index in [0.29, 0.717) is 22.7 Å². The van der Waals surface area contributed by atoms with Crippen LogP contribution in [-0.4, -0.2) is 46.0 Å². The van der Waals surface area contributed by atoms with Crippen LogP contribution in [-0.2, 0) is 14.8 Å². The molecular formula is C20H25N3O4S. The van der Waals surface area contributed by atoms with Crippen LogP contribution in [0.4, 0.5) is 11.4 Å². The van der Waals surface area contributed by atoms with Gasteiger partial charge in [-0.3, -0.25) is 14.4 Å². The van der Waals surface area contributed by atoms with Crippen molar-refractivity contribution in [3.05, 3.63) is 48.0 Å². The first-order valence-electron chi connectivity index (χ1n) is 9.09. The molecular weight excluding hydrogens is 378 g/mol. The van der Waals surface area contributed by atoms with Crippen molar-refractivity contribution in [2.75, 3.05) is 30.7 Å². The Morgan fingerprint density at radius 1 is 1.21 bits per heavy atom. The number of hydrogen-bond donors (Lipinski definition) is 2. The third kappa shape index (κ3) is 4.28. The Hall–Kier alpha value is -2.58. The molecule has 3 rings (SSSR count). The second-order valence-electron chi connectivity index (χ2n) is 6.91. The Morgan fingerprint density at radius 2 is 1.96 bits per heavy atom. The van der Waals surface area contributed by atoms with E-state index in [4.69, 9.17) is 4.74 Å². The fourth-order valence-corrected chi connectivity index (χ4v) is 4.71. The maximum atomic E-state index is 12.9. The number of carbonyl (C=O) groups is 1. The lowest BCUT2D eigenvalue weighted by Crippen LogP contribution is -2.37. The quantitative estimate of drug-likeness (QED) is 0.774. The van der Waals surface area contributed by atoms with Crippen molar-refractivity contribution in [2.45, 2.75) is 30.7 Å². The van der Waals surface area contributed by atoms with Gasteiger partial charge in [0.1, 0.15) is 5.75 Å². The maximum Gasteiger partial charge on any atom is 0.262 e. The minimum Gasteiger partial charge on any atom is -0.495 e. The molecule has 0 bridgehead atoms. The monoisotopic (exact) mass is 403 g/mol. The molecule has 8 heteroatoms. The molecule has 1 saturated heterocycles. The van der Waals surface area contributed by atoms with Crippen molar-refractivity contribution >= 4 is 27.3 Å². The molecule has 28 heavy (non-hydrogen) atoms. The van der Waals surface area contributed by atoms with Gasteiger partial charge < -0.3 is 10.1 Å². The number of nitrogens with zero attached hydrogens (tertiary/aromatic N) is 1. The van der Waals surface area contributed by atoms with Crippen LogP contribution in [0.5, 0.6) is 5.75 Å². The number of rotatable bonds is 6. The summed E-state index contributed by atoms with van der Waals surface area (Å²) in [6.07, 6.45) is 1.78. The molecule has 1 heterocycles. The minimum atomic E-state index is -3.86.